The van der Waals surface area contributed by atoms with Crippen molar-refractivity contribution >= 4 is 5.91 Å². The number of rotatable bonds is 6. The fourth-order valence-electron chi connectivity index (χ4n) is 3.11. The number of piperidine rings is 1. The molecule has 1 aliphatic heterocycles. The monoisotopic (exact) mass is 288 g/mol. The van der Waals surface area contributed by atoms with Gasteiger partial charge in [-0.15, -0.1) is 0 Å². The second kappa shape index (κ2) is 8.18. The van der Waals surface area contributed by atoms with Crippen LogP contribution in [0.3, 0.4) is 0 Å². The molecule has 1 aromatic rings. The quantitative estimate of drug-likeness (QED) is 0.873. The Kier molecular flexibility index (Phi) is 6.24. The average molecular weight is 288 g/mol. The largest absolute Gasteiger partial charge is 0.356 e. The zero-order chi connectivity index (χ0) is 15.1. The predicted octanol–water partition coefficient (Wildman–Crippen LogP) is 2.92. The van der Waals surface area contributed by atoms with Crippen molar-refractivity contribution in [1.82, 2.24) is 10.2 Å². The van der Waals surface area contributed by atoms with E-state index in [2.05, 4.69) is 48.5 Å². The molecule has 3 nitrogen and oxygen atoms in total. The van der Waals surface area contributed by atoms with Crippen molar-refractivity contribution in [3.63, 3.8) is 0 Å². The molecule has 0 unspecified atom stereocenters. The minimum atomic E-state index is 0.196. The fourth-order valence-corrected chi connectivity index (χ4v) is 3.11. The maximum absolute atomic E-state index is 11.9. The number of hydrogen-bond donors (Lipinski definition) is 1. The SMILES string of the molecule is Cc1cccc(CCNC(=O)CC[C@H]2CCCCN2C)c1. The smallest absolute Gasteiger partial charge is 0.220 e. The van der Waals surface area contributed by atoms with Gasteiger partial charge in [0.05, 0.1) is 0 Å². The van der Waals surface area contributed by atoms with Crippen LogP contribution in [0.2, 0.25) is 0 Å². The average Bonchev–Trinajstić information content (AvgIpc) is 2.46. The van der Waals surface area contributed by atoms with Crippen molar-refractivity contribution in [2.45, 2.75) is 51.5 Å². The van der Waals surface area contributed by atoms with Gasteiger partial charge in [0, 0.05) is 19.0 Å². The summed E-state index contributed by atoms with van der Waals surface area (Å²) in [6.07, 6.45) is 6.42. The Hall–Kier alpha value is -1.35. The third-order valence-corrected chi connectivity index (χ3v) is 4.44. The number of carbonyl (C=O) groups is 1. The molecule has 0 bridgehead atoms. The molecule has 0 saturated carbocycles. The van der Waals surface area contributed by atoms with Crippen LogP contribution in [0.5, 0.6) is 0 Å². The summed E-state index contributed by atoms with van der Waals surface area (Å²) in [5.41, 5.74) is 2.57. The van der Waals surface area contributed by atoms with Crippen LogP contribution < -0.4 is 5.32 Å². The summed E-state index contributed by atoms with van der Waals surface area (Å²) in [5.74, 6) is 0.196. The Morgan fingerprint density at radius 3 is 3.00 bits per heavy atom. The lowest BCUT2D eigenvalue weighted by Gasteiger charge is -2.32. The topological polar surface area (TPSA) is 32.3 Å². The molecule has 0 radical (unpaired) electrons. The summed E-state index contributed by atoms with van der Waals surface area (Å²) in [7, 11) is 2.18. The van der Waals surface area contributed by atoms with Gasteiger partial charge in [0.1, 0.15) is 0 Å². The highest BCUT2D eigenvalue weighted by Gasteiger charge is 2.19. The van der Waals surface area contributed by atoms with Crippen molar-refractivity contribution in [3.8, 4) is 0 Å². The third kappa shape index (κ3) is 5.50. The Labute approximate surface area is 128 Å². The molecule has 1 N–H and O–H groups in total. The molecule has 1 heterocycles. The lowest BCUT2D eigenvalue weighted by molar-refractivity contribution is -0.121. The molecule has 0 aliphatic carbocycles. The van der Waals surface area contributed by atoms with E-state index in [1.54, 1.807) is 0 Å². The van der Waals surface area contributed by atoms with Gasteiger partial charge in [-0.1, -0.05) is 36.2 Å². The first-order valence-electron chi connectivity index (χ1n) is 8.17. The molecule has 0 spiro atoms. The number of amides is 1. The molecule has 1 amide bonds. The number of likely N-dealkylation sites (tertiary alicyclic amines) is 1. The standard InChI is InChI=1S/C18H28N2O/c1-15-6-5-7-16(14-15)11-12-19-18(21)10-9-17-8-3-4-13-20(17)2/h5-7,14,17H,3-4,8-13H2,1-2H3,(H,19,21)/t17-/m1/s1. The Morgan fingerprint density at radius 1 is 1.38 bits per heavy atom. The summed E-state index contributed by atoms with van der Waals surface area (Å²) in [5, 5.41) is 3.05. The van der Waals surface area contributed by atoms with Crippen LogP contribution in [-0.2, 0) is 11.2 Å². The molecule has 3 heteroatoms. The van der Waals surface area contributed by atoms with Crippen LogP contribution in [-0.4, -0.2) is 37.0 Å². The summed E-state index contributed by atoms with van der Waals surface area (Å²) >= 11 is 0. The predicted molar refractivity (Wildman–Crippen MR) is 87.4 cm³/mol. The molecular weight excluding hydrogens is 260 g/mol. The highest BCUT2D eigenvalue weighted by Crippen LogP contribution is 2.18. The van der Waals surface area contributed by atoms with E-state index in [0.717, 1.165) is 19.4 Å². The minimum Gasteiger partial charge on any atom is -0.356 e. The van der Waals surface area contributed by atoms with E-state index in [-0.39, 0.29) is 5.91 Å². The number of aryl methyl sites for hydroxylation is 1. The maximum Gasteiger partial charge on any atom is 0.220 e. The highest BCUT2D eigenvalue weighted by molar-refractivity contribution is 5.75. The maximum atomic E-state index is 11.9. The van der Waals surface area contributed by atoms with Gasteiger partial charge < -0.3 is 10.2 Å². The van der Waals surface area contributed by atoms with Gasteiger partial charge in [0.15, 0.2) is 0 Å². The molecule has 1 saturated heterocycles. The Bertz CT molecular complexity index is 458. The molecule has 0 aromatic heterocycles. The van der Waals surface area contributed by atoms with Gasteiger partial charge >= 0.3 is 0 Å². The van der Waals surface area contributed by atoms with Crippen LogP contribution in [0.15, 0.2) is 24.3 Å². The van der Waals surface area contributed by atoms with Crippen molar-refractivity contribution < 1.29 is 4.79 Å². The summed E-state index contributed by atoms with van der Waals surface area (Å²) < 4.78 is 0. The van der Waals surface area contributed by atoms with Crippen LogP contribution in [0.25, 0.3) is 0 Å². The molecule has 2 rings (SSSR count). The molecule has 116 valence electrons. The van der Waals surface area contributed by atoms with Crippen LogP contribution in [0.1, 0.15) is 43.2 Å². The zero-order valence-electron chi connectivity index (χ0n) is 13.4. The second-order valence-electron chi connectivity index (χ2n) is 6.26. The number of nitrogens with zero attached hydrogens (tertiary/aromatic N) is 1. The van der Waals surface area contributed by atoms with Gasteiger partial charge in [0.2, 0.25) is 5.91 Å². The van der Waals surface area contributed by atoms with Crippen molar-refractivity contribution in [3.05, 3.63) is 35.4 Å². The van der Waals surface area contributed by atoms with E-state index in [4.69, 9.17) is 0 Å². The molecule has 1 fully saturated rings. The lowest BCUT2D eigenvalue weighted by Crippen LogP contribution is -2.37. The molecule has 21 heavy (non-hydrogen) atoms. The van der Waals surface area contributed by atoms with E-state index in [9.17, 15) is 4.79 Å². The Morgan fingerprint density at radius 2 is 2.24 bits per heavy atom. The summed E-state index contributed by atoms with van der Waals surface area (Å²) in [6.45, 7) is 4.02. The Balaban J connectivity index is 1.63. The van der Waals surface area contributed by atoms with E-state index in [0.29, 0.717) is 12.5 Å². The first-order valence-corrected chi connectivity index (χ1v) is 8.17. The first-order chi connectivity index (χ1) is 10.1. The number of nitrogens with one attached hydrogen (secondary N) is 1. The van der Waals surface area contributed by atoms with Crippen LogP contribution in [0, 0.1) is 6.92 Å². The highest BCUT2D eigenvalue weighted by atomic mass is 16.1. The zero-order valence-corrected chi connectivity index (χ0v) is 13.4. The van der Waals surface area contributed by atoms with Gasteiger partial charge in [-0.3, -0.25) is 4.79 Å². The second-order valence-corrected chi connectivity index (χ2v) is 6.26. The van der Waals surface area contributed by atoms with Gasteiger partial charge in [-0.25, -0.2) is 0 Å². The summed E-state index contributed by atoms with van der Waals surface area (Å²) in [6, 6.07) is 9.08. The van der Waals surface area contributed by atoms with E-state index < -0.39 is 0 Å². The normalized spacial score (nSPS) is 19.4. The minimum absolute atomic E-state index is 0.196. The van der Waals surface area contributed by atoms with Gasteiger partial charge in [-0.2, -0.15) is 0 Å². The van der Waals surface area contributed by atoms with Crippen molar-refractivity contribution in [1.29, 1.82) is 0 Å². The lowest BCUT2D eigenvalue weighted by atomic mass is 9.98. The molecule has 1 aromatic carbocycles. The van der Waals surface area contributed by atoms with Crippen molar-refractivity contribution in [2.75, 3.05) is 20.1 Å². The number of hydrogen-bond acceptors (Lipinski definition) is 2. The fraction of sp³-hybridized carbons (Fsp3) is 0.611. The van der Waals surface area contributed by atoms with Gasteiger partial charge in [-0.05, 0) is 51.8 Å². The molecule has 1 aliphatic rings. The molecule has 1 atom stereocenters. The van der Waals surface area contributed by atoms with E-state index in [1.807, 2.05) is 0 Å². The van der Waals surface area contributed by atoms with Crippen LogP contribution in [0.4, 0.5) is 0 Å². The number of carbonyl (C=O) groups excluding carboxylic acids is 1. The van der Waals surface area contributed by atoms with E-state index in [1.165, 1.54) is 36.9 Å². The van der Waals surface area contributed by atoms with Crippen LogP contribution >= 0.6 is 0 Å². The third-order valence-electron chi connectivity index (χ3n) is 4.44. The van der Waals surface area contributed by atoms with Crippen molar-refractivity contribution in [2.24, 2.45) is 0 Å². The summed E-state index contributed by atoms with van der Waals surface area (Å²) in [4.78, 5) is 14.3. The number of benzene rings is 1. The molecular formula is C18H28N2O. The van der Waals surface area contributed by atoms with E-state index >= 15 is 0 Å². The first kappa shape index (κ1) is 16.0. The van der Waals surface area contributed by atoms with Gasteiger partial charge in [0.25, 0.3) is 0 Å².